The molecule has 1 saturated carbocycles. The third kappa shape index (κ3) is 4.32. The molecule has 3 N–H and O–H groups in total. The summed E-state index contributed by atoms with van der Waals surface area (Å²) in [5.41, 5.74) is 7.78. The van der Waals surface area contributed by atoms with Gasteiger partial charge in [-0.3, -0.25) is 0 Å². The number of rotatable bonds is 6. The van der Waals surface area contributed by atoms with Gasteiger partial charge in [0.25, 0.3) is 0 Å². The van der Waals surface area contributed by atoms with Crippen LogP contribution in [0.2, 0.25) is 0 Å². The van der Waals surface area contributed by atoms with Gasteiger partial charge < -0.3 is 11.1 Å². The first kappa shape index (κ1) is 14.5. The lowest BCUT2D eigenvalue weighted by molar-refractivity contribution is 0.207. The van der Waals surface area contributed by atoms with Crippen molar-refractivity contribution in [3.05, 3.63) is 35.9 Å². The Morgan fingerprint density at radius 3 is 2.47 bits per heavy atom. The predicted molar refractivity (Wildman–Crippen MR) is 82.3 cm³/mol. The Morgan fingerprint density at radius 2 is 1.84 bits per heavy atom. The van der Waals surface area contributed by atoms with Gasteiger partial charge in [0.2, 0.25) is 0 Å². The van der Waals surface area contributed by atoms with Crippen LogP contribution >= 0.6 is 0 Å². The maximum atomic E-state index is 5.92. The van der Waals surface area contributed by atoms with E-state index in [4.69, 9.17) is 5.73 Å². The van der Waals surface area contributed by atoms with Crippen LogP contribution in [0, 0.1) is 5.41 Å². The molecule has 2 heteroatoms. The van der Waals surface area contributed by atoms with Crippen LogP contribution < -0.4 is 11.1 Å². The lowest BCUT2D eigenvalue weighted by Gasteiger charge is -2.34. The van der Waals surface area contributed by atoms with E-state index < -0.39 is 0 Å². The molecule has 106 valence electrons. The van der Waals surface area contributed by atoms with E-state index in [0.717, 1.165) is 13.1 Å². The molecule has 1 aromatic carbocycles. The Labute approximate surface area is 117 Å². The molecule has 0 heterocycles. The molecule has 2 nitrogen and oxygen atoms in total. The Kier molecular flexibility index (Phi) is 5.41. The Morgan fingerprint density at radius 1 is 1.16 bits per heavy atom. The van der Waals surface area contributed by atoms with Gasteiger partial charge in [-0.2, -0.15) is 0 Å². The van der Waals surface area contributed by atoms with Gasteiger partial charge in [0, 0.05) is 25.6 Å². The van der Waals surface area contributed by atoms with Gasteiger partial charge in [0.15, 0.2) is 0 Å². The summed E-state index contributed by atoms with van der Waals surface area (Å²) in [5, 5.41) is 3.67. The van der Waals surface area contributed by atoms with Crippen molar-refractivity contribution in [2.75, 3.05) is 19.6 Å². The summed E-state index contributed by atoms with van der Waals surface area (Å²) in [6.07, 6.45) is 6.97. The largest absolute Gasteiger partial charge is 0.330 e. The topological polar surface area (TPSA) is 38.0 Å². The number of nitrogens with one attached hydrogen (secondary N) is 1. The molecule has 0 saturated heterocycles. The fourth-order valence-corrected chi connectivity index (χ4v) is 3.19. The molecule has 19 heavy (non-hydrogen) atoms. The van der Waals surface area contributed by atoms with Crippen LogP contribution in [0.5, 0.6) is 0 Å². The van der Waals surface area contributed by atoms with E-state index in [9.17, 15) is 0 Å². The molecular formula is C17H28N2. The van der Waals surface area contributed by atoms with E-state index in [1.807, 2.05) is 0 Å². The van der Waals surface area contributed by atoms with Crippen LogP contribution in [0.25, 0.3) is 0 Å². The first-order valence-electron chi connectivity index (χ1n) is 7.69. The second kappa shape index (κ2) is 7.06. The van der Waals surface area contributed by atoms with Crippen molar-refractivity contribution in [2.24, 2.45) is 11.1 Å². The van der Waals surface area contributed by atoms with Gasteiger partial charge in [0.1, 0.15) is 0 Å². The normalized spacial score (nSPS) is 20.1. The number of hydrogen-bond donors (Lipinski definition) is 2. The van der Waals surface area contributed by atoms with E-state index >= 15 is 0 Å². The molecule has 1 aliphatic carbocycles. The second-order valence-electron chi connectivity index (χ2n) is 6.35. The highest BCUT2D eigenvalue weighted by Crippen LogP contribution is 2.34. The molecule has 0 aromatic heterocycles. The fraction of sp³-hybridized carbons (Fsp3) is 0.647. The maximum absolute atomic E-state index is 5.92. The van der Waals surface area contributed by atoms with Gasteiger partial charge in [-0.05, 0) is 23.8 Å². The van der Waals surface area contributed by atoms with E-state index in [0.29, 0.717) is 17.9 Å². The molecule has 1 fully saturated rings. The van der Waals surface area contributed by atoms with E-state index in [1.54, 1.807) is 0 Å². The van der Waals surface area contributed by atoms with Crippen LogP contribution in [-0.2, 0) is 0 Å². The second-order valence-corrected chi connectivity index (χ2v) is 6.35. The minimum atomic E-state index is 0.438. The minimum absolute atomic E-state index is 0.438. The van der Waals surface area contributed by atoms with E-state index in [1.165, 1.54) is 37.7 Å². The standard InChI is InChI=1S/C17H28N2/c1-17(10-6-3-7-11-17)14-19-13-16(12-18)15-8-4-2-5-9-15/h2,4-5,8-9,16,19H,3,6-7,10-14,18H2,1H3. The Balaban J connectivity index is 1.80. The zero-order chi connectivity index (χ0) is 13.6. The van der Waals surface area contributed by atoms with Gasteiger partial charge in [-0.15, -0.1) is 0 Å². The molecule has 0 amide bonds. The van der Waals surface area contributed by atoms with Crippen molar-refractivity contribution >= 4 is 0 Å². The Bertz CT molecular complexity index is 355. The van der Waals surface area contributed by atoms with Crippen LogP contribution in [0.15, 0.2) is 30.3 Å². The summed E-state index contributed by atoms with van der Waals surface area (Å²) in [5.74, 6) is 0.438. The molecular weight excluding hydrogens is 232 g/mol. The monoisotopic (exact) mass is 260 g/mol. The molecule has 1 atom stereocenters. The summed E-state index contributed by atoms with van der Waals surface area (Å²) < 4.78 is 0. The van der Waals surface area contributed by atoms with Crippen LogP contribution in [0.3, 0.4) is 0 Å². The molecule has 2 rings (SSSR count). The smallest absolute Gasteiger partial charge is 0.00863 e. The fourth-order valence-electron chi connectivity index (χ4n) is 3.19. The molecule has 1 aromatic rings. The summed E-state index contributed by atoms with van der Waals surface area (Å²) >= 11 is 0. The molecule has 0 aliphatic heterocycles. The van der Waals surface area contributed by atoms with Crippen LogP contribution in [0.4, 0.5) is 0 Å². The predicted octanol–water partition coefficient (Wildman–Crippen LogP) is 3.29. The van der Waals surface area contributed by atoms with Crippen molar-refractivity contribution in [1.29, 1.82) is 0 Å². The average molecular weight is 260 g/mol. The van der Waals surface area contributed by atoms with Crippen molar-refractivity contribution in [3.63, 3.8) is 0 Å². The average Bonchev–Trinajstić information content (AvgIpc) is 2.45. The molecule has 0 bridgehead atoms. The quantitative estimate of drug-likeness (QED) is 0.823. The first-order chi connectivity index (χ1) is 9.23. The highest BCUT2D eigenvalue weighted by molar-refractivity contribution is 5.20. The zero-order valence-corrected chi connectivity index (χ0v) is 12.2. The lowest BCUT2D eigenvalue weighted by atomic mass is 9.75. The molecule has 0 radical (unpaired) electrons. The van der Waals surface area contributed by atoms with Gasteiger partial charge in [-0.1, -0.05) is 56.5 Å². The third-order valence-corrected chi connectivity index (χ3v) is 4.56. The van der Waals surface area contributed by atoms with E-state index in [2.05, 4.69) is 42.6 Å². The third-order valence-electron chi connectivity index (χ3n) is 4.56. The lowest BCUT2D eigenvalue weighted by Crippen LogP contribution is -2.36. The summed E-state index contributed by atoms with van der Waals surface area (Å²) in [6, 6.07) is 10.6. The van der Waals surface area contributed by atoms with Crippen molar-refractivity contribution < 1.29 is 0 Å². The molecule has 1 aliphatic rings. The molecule has 0 spiro atoms. The number of nitrogens with two attached hydrogens (primary N) is 1. The highest BCUT2D eigenvalue weighted by atomic mass is 14.9. The van der Waals surface area contributed by atoms with Gasteiger partial charge in [0.05, 0.1) is 0 Å². The van der Waals surface area contributed by atoms with Crippen molar-refractivity contribution in [1.82, 2.24) is 5.32 Å². The van der Waals surface area contributed by atoms with Crippen molar-refractivity contribution in [2.45, 2.75) is 44.9 Å². The zero-order valence-electron chi connectivity index (χ0n) is 12.2. The summed E-state index contributed by atoms with van der Waals surface area (Å²) in [7, 11) is 0. The van der Waals surface area contributed by atoms with Gasteiger partial charge in [-0.25, -0.2) is 0 Å². The van der Waals surface area contributed by atoms with Gasteiger partial charge >= 0.3 is 0 Å². The van der Waals surface area contributed by atoms with Crippen LogP contribution in [0.1, 0.15) is 50.5 Å². The summed E-state index contributed by atoms with van der Waals surface area (Å²) in [6.45, 7) is 5.28. The van der Waals surface area contributed by atoms with Crippen LogP contribution in [-0.4, -0.2) is 19.6 Å². The first-order valence-corrected chi connectivity index (χ1v) is 7.69. The molecule has 1 unspecified atom stereocenters. The van der Waals surface area contributed by atoms with Crippen molar-refractivity contribution in [3.8, 4) is 0 Å². The highest BCUT2D eigenvalue weighted by Gasteiger charge is 2.26. The van der Waals surface area contributed by atoms with E-state index in [-0.39, 0.29) is 0 Å². The number of benzene rings is 1. The summed E-state index contributed by atoms with van der Waals surface area (Å²) in [4.78, 5) is 0. The Hall–Kier alpha value is -0.860. The maximum Gasteiger partial charge on any atom is 0.00863 e. The SMILES string of the molecule is CC1(CNCC(CN)c2ccccc2)CCCCC1. The minimum Gasteiger partial charge on any atom is -0.330 e. The number of hydrogen-bond acceptors (Lipinski definition) is 2.